The van der Waals surface area contributed by atoms with Crippen molar-refractivity contribution in [1.29, 1.82) is 0 Å². The largest absolute Gasteiger partial charge is 0.508 e. The SMILES string of the molecule is CC(Br)c1ccc(O)cc1. The number of alkyl halides is 1. The number of aromatic hydroxyl groups is 1. The van der Waals surface area contributed by atoms with Crippen molar-refractivity contribution in [3.8, 4) is 5.75 Å². The Labute approximate surface area is 68.8 Å². The van der Waals surface area contributed by atoms with Crippen molar-refractivity contribution in [2.45, 2.75) is 11.8 Å². The molecule has 0 bridgehead atoms. The van der Waals surface area contributed by atoms with Crippen LogP contribution in [0.3, 0.4) is 0 Å². The molecule has 1 rings (SSSR count). The molecular weight excluding hydrogens is 192 g/mol. The lowest BCUT2D eigenvalue weighted by Crippen LogP contribution is -1.80. The molecule has 10 heavy (non-hydrogen) atoms. The Balaban J connectivity index is 2.89. The third-order valence-electron chi connectivity index (χ3n) is 1.35. The topological polar surface area (TPSA) is 20.2 Å². The molecule has 0 aliphatic heterocycles. The van der Waals surface area contributed by atoms with Crippen molar-refractivity contribution in [3.05, 3.63) is 29.8 Å². The van der Waals surface area contributed by atoms with Crippen molar-refractivity contribution in [1.82, 2.24) is 0 Å². The molecule has 0 aromatic heterocycles. The summed E-state index contributed by atoms with van der Waals surface area (Å²) < 4.78 is 0. The summed E-state index contributed by atoms with van der Waals surface area (Å²) in [5, 5.41) is 8.92. The predicted molar refractivity (Wildman–Crippen MR) is 45.4 cm³/mol. The second-order valence-electron chi connectivity index (χ2n) is 2.21. The fraction of sp³-hybridized carbons (Fsp3) is 0.250. The molecule has 0 radical (unpaired) electrons. The number of benzene rings is 1. The quantitative estimate of drug-likeness (QED) is 0.692. The number of phenolic OH excluding ortho intramolecular Hbond substituents is 1. The van der Waals surface area contributed by atoms with Crippen LogP contribution in [-0.2, 0) is 0 Å². The molecule has 0 saturated carbocycles. The molecule has 1 N–H and O–H groups in total. The first-order valence-electron chi connectivity index (χ1n) is 3.13. The first-order chi connectivity index (χ1) is 4.70. The minimum Gasteiger partial charge on any atom is -0.508 e. The van der Waals surface area contributed by atoms with E-state index in [1.54, 1.807) is 12.1 Å². The maximum absolute atomic E-state index is 8.92. The molecule has 1 atom stereocenters. The van der Waals surface area contributed by atoms with Crippen LogP contribution in [-0.4, -0.2) is 5.11 Å². The van der Waals surface area contributed by atoms with Gasteiger partial charge in [0.1, 0.15) is 5.75 Å². The minimum atomic E-state index is 0.317. The van der Waals surface area contributed by atoms with Gasteiger partial charge in [-0.3, -0.25) is 0 Å². The van der Waals surface area contributed by atoms with Crippen molar-refractivity contribution in [3.63, 3.8) is 0 Å². The molecule has 0 fully saturated rings. The molecule has 0 aliphatic rings. The Morgan fingerprint density at radius 2 is 1.80 bits per heavy atom. The van der Waals surface area contributed by atoms with Crippen molar-refractivity contribution < 1.29 is 5.11 Å². The minimum absolute atomic E-state index is 0.317. The summed E-state index contributed by atoms with van der Waals surface area (Å²) in [7, 11) is 0. The first kappa shape index (κ1) is 7.61. The van der Waals surface area contributed by atoms with Gasteiger partial charge in [-0.1, -0.05) is 28.1 Å². The zero-order chi connectivity index (χ0) is 7.56. The van der Waals surface area contributed by atoms with E-state index in [2.05, 4.69) is 15.9 Å². The molecule has 1 aromatic rings. The molecule has 1 aromatic carbocycles. The summed E-state index contributed by atoms with van der Waals surface area (Å²) in [6.07, 6.45) is 0. The molecule has 0 heterocycles. The molecule has 0 amide bonds. The third-order valence-corrected chi connectivity index (χ3v) is 1.88. The fourth-order valence-electron chi connectivity index (χ4n) is 0.740. The lowest BCUT2D eigenvalue weighted by atomic mass is 10.2. The van der Waals surface area contributed by atoms with Gasteiger partial charge in [-0.2, -0.15) is 0 Å². The highest BCUT2D eigenvalue weighted by Crippen LogP contribution is 2.22. The summed E-state index contributed by atoms with van der Waals surface area (Å²) in [6.45, 7) is 2.05. The molecule has 1 unspecified atom stereocenters. The molecule has 0 saturated heterocycles. The Kier molecular flexibility index (Phi) is 2.33. The van der Waals surface area contributed by atoms with Crippen LogP contribution < -0.4 is 0 Å². The number of hydrogen-bond acceptors (Lipinski definition) is 1. The van der Waals surface area contributed by atoms with E-state index < -0.39 is 0 Å². The average Bonchev–Trinajstić information content (AvgIpc) is 1.88. The van der Waals surface area contributed by atoms with E-state index in [0.29, 0.717) is 10.6 Å². The second-order valence-corrected chi connectivity index (χ2v) is 3.58. The highest BCUT2D eigenvalue weighted by Gasteiger charge is 1.97. The molecule has 0 spiro atoms. The van der Waals surface area contributed by atoms with Crippen LogP contribution in [0.2, 0.25) is 0 Å². The summed E-state index contributed by atoms with van der Waals surface area (Å²) in [5.74, 6) is 0.317. The summed E-state index contributed by atoms with van der Waals surface area (Å²) >= 11 is 3.43. The lowest BCUT2D eigenvalue weighted by Gasteiger charge is -2.01. The van der Waals surface area contributed by atoms with Gasteiger partial charge in [0.05, 0.1) is 0 Å². The van der Waals surface area contributed by atoms with Crippen molar-refractivity contribution >= 4 is 15.9 Å². The molecule has 54 valence electrons. The van der Waals surface area contributed by atoms with E-state index in [4.69, 9.17) is 5.11 Å². The second kappa shape index (κ2) is 3.06. The summed E-state index contributed by atoms with van der Waals surface area (Å²) in [6, 6.07) is 7.17. The monoisotopic (exact) mass is 200 g/mol. The average molecular weight is 201 g/mol. The number of phenols is 1. The van der Waals surface area contributed by atoms with Gasteiger partial charge in [0.25, 0.3) is 0 Å². The molecular formula is C8H9BrO. The zero-order valence-corrected chi connectivity index (χ0v) is 7.30. The lowest BCUT2D eigenvalue weighted by molar-refractivity contribution is 0.475. The molecule has 0 aliphatic carbocycles. The van der Waals surface area contributed by atoms with Gasteiger partial charge in [0.15, 0.2) is 0 Å². The molecule has 2 heteroatoms. The van der Waals surface area contributed by atoms with Gasteiger partial charge in [-0.15, -0.1) is 0 Å². The van der Waals surface area contributed by atoms with Gasteiger partial charge in [-0.25, -0.2) is 0 Å². The van der Waals surface area contributed by atoms with Gasteiger partial charge >= 0.3 is 0 Å². The Hall–Kier alpha value is -0.500. The van der Waals surface area contributed by atoms with E-state index >= 15 is 0 Å². The number of rotatable bonds is 1. The van der Waals surface area contributed by atoms with Crippen LogP contribution in [0.1, 0.15) is 17.3 Å². The van der Waals surface area contributed by atoms with Crippen LogP contribution >= 0.6 is 15.9 Å². The van der Waals surface area contributed by atoms with E-state index in [9.17, 15) is 0 Å². The van der Waals surface area contributed by atoms with Crippen LogP contribution in [0.4, 0.5) is 0 Å². The van der Waals surface area contributed by atoms with Crippen molar-refractivity contribution in [2.75, 3.05) is 0 Å². The fourth-order valence-corrected chi connectivity index (χ4v) is 1.04. The summed E-state index contributed by atoms with van der Waals surface area (Å²) in [5.41, 5.74) is 1.18. The number of hydrogen-bond donors (Lipinski definition) is 1. The van der Waals surface area contributed by atoms with Gasteiger partial charge < -0.3 is 5.11 Å². The Morgan fingerprint density at radius 1 is 1.30 bits per heavy atom. The maximum atomic E-state index is 8.92. The standard InChI is InChI=1S/C8H9BrO/c1-6(9)7-2-4-8(10)5-3-7/h2-6,10H,1H3. The normalized spacial score (nSPS) is 13.0. The highest BCUT2D eigenvalue weighted by atomic mass is 79.9. The van der Waals surface area contributed by atoms with Gasteiger partial charge in [-0.05, 0) is 24.6 Å². The zero-order valence-electron chi connectivity index (χ0n) is 5.71. The predicted octanol–water partition coefficient (Wildman–Crippen LogP) is 2.85. The van der Waals surface area contributed by atoms with Crippen LogP contribution in [0.25, 0.3) is 0 Å². The Morgan fingerprint density at radius 3 is 2.20 bits per heavy atom. The van der Waals surface area contributed by atoms with Crippen LogP contribution in [0.5, 0.6) is 5.75 Å². The highest BCUT2D eigenvalue weighted by molar-refractivity contribution is 9.09. The van der Waals surface area contributed by atoms with Gasteiger partial charge in [0, 0.05) is 4.83 Å². The van der Waals surface area contributed by atoms with Crippen LogP contribution in [0.15, 0.2) is 24.3 Å². The van der Waals surface area contributed by atoms with Crippen molar-refractivity contribution in [2.24, 2.45) is 0 Å². The third kappa shape index (κ3) is 1.74. The van der Waals surface area contributed by atoms with Gasteiger partial charge in [0.2, 0.25) is 0 Å². The van der Waals surface area contributed by atoms with E-state index in [1.165, 1.54) is 5.56 Å². The summed E-state index contributed by atoms with van der Waals surface area (Å²) in [4.78, 5) is 0.355. The smallest absolute Gasteiger partial charge is 0.115 e. The van der Waals surface area contributed by atoms with E-state index in [1.807, 2.05) is 19.1 Å². The van der Waals surface area contributed by atoms with E-state index in [0.717, 1.165) is 0 Å². The Bertz CT molecular complexity index is 203. The first-order valence-corrected chi connectivity index (χ1v) is 4.04. The molecule has 1 nitrogen and oxygen atoms in total. The maximum Gasteiger partial charge on any atom is 0.115 e. The van der Waals surface area contributed by atoms with E-state index in [-0.39, 0.29) is 0 Å². The van der Waals surface area contributed by atoms with Crippen LogP contribution in [0, 0.1) is 0 Å². The number of halogens is 1.